The smallest absolute Gasteiger partial charge is 0.347 e. The number of nitriles is 1. The lowest BCUT2D eigenvalue weighted by molar-refractivity contribution is 0.0702. The number of allylic oxidation sites excluding steroid dienone is 5. The van der Waals surface area contributed by atoms with E-state index in [-0.39, 0.29) is 4.88 Å². The van der Waals surface area contributed by atoms with E-state index in [0.717, 1.165) is 28.0 Å². The molecule has 0 saturated heterocycles. The molecule has 1 aromatic heterocycles. The summed E-state index contributed by atoms with van der Waals surface area (Å²) in [6.45, 7) is 7.78. The first-order valence-corrected chi connectivity index (χ1v) is 8.01. The molecule has 0 unspecified atom stereocenters. The number of carboxylic acids is 1. The monoisotopic (exact) mass is 336 g/mol. The molecule has 1 N–H and O–H groups in total. The number of thiazole rings is 1. The second-order valence-corrected chi connectivity index (χ2v) is 6.13. The maximum absolute atomic E-state index is 10.9. The van der Waals surface area contributed by atoms with Gasteiger partial charge in [0.1, 0.15) is 9.88 Å². The van der Waals surface area contributed by atoms with Crippen LogP contribution in [0, 0.1) is 18.3 Å². The Morgan fingerprint density at radius 1 is 1.38 bits per heavy atom. The Balaban J connectivity index is 2.36. The number of carboxylic acid groups (broad SMARTS) is 1. The summed E-state index contributed by atoms with van der Waals surface area (Å²) in [7, 11) is 0. The SMILES string of the molecule is C=C(/C=C(C#N)\C(=C/C)c1ccc(C)cc1)c1ncc(C(=O)O)s1. The summed E-state index contributed by atoms with van der Waals surface area (Å²) in [4.78, 5) is 15.1. The lowest BCUT2D eigenvalue weighted by Gasteiger charge is -2.07. The number of nitrogens with zero attached hydrogens (tertiary/aromatic N) is 2. The number of aromatic carboxylic acids is 1. The van der Waals surface area contributed by atoms with Gasteiger partial charge in [-0.3, -0.25) is 0 Å². The van der Waals surface area contributed by atoms with Crippen molar-refractivity contribution < 1.29 is 9.90 Å². The molecule has 4 nitrogen and oxygen atoms in total. The van der Waals surface area contributed by atoms with Gasteiger partial charge in [0.05, 0.1) is 17.8 Å². The summed E-state index contributed by atoms with van der Waals surface area (Å²) < 4.78 is 0. The van der Waals surface area contributed by atoms with Crippen molar-refractivity contribution in [2.24, 2.45) is 0 Å². The van der Waals surface area contributed by atoms with Crippen LogP contribution < -0.4 is 0 Å². The zero-order chi connectivity index (χ0) is 17.7. The van der Waals surface area contributed by atoms with Crippen molar-refractivity contribution in [2.75, 3.05) is 0 Å². The lowest BCUT2D eigenvalue weighted by atomic mass is 9.96. The third-order valence-corrected chi connectivity index (χ3v) is 4.43. The Labute approximate surface area is 144 Å². The van der Waals surface area contributed by atoms with E-state index in [9.17, 15) is 10.1 Å². The molecule has 0 aliphatic heterocycles. The number of rotatable bonds is 5. The average molecular weight is 336 g/mol. The molecule has 0 atom stereocenters. The molecule has 0 radical (unpaired) electrons. The van der Waals surface area contributed by atoms with Crippen LogP contribution in [-0.2, 0) is 0 Å². The minimum atomic E-state index is -1.02. The normalized spacial score (nSPS) is 11.9. The molecular weight excluding hydrogens is 320 g/mol. The van der Waals surface area contributed by atoms with E-state index in [1.807, 2.05) is 44.2 Å². The van der Waals surface area contributed by atoms with Crippen LogP contribution in [0.3, 0.4) is 0 Å². The fourth-order valence-electron chi connectivity index (χ4n) is 2.14. The van der Waals surface area contributed by atoms with E-state index in [1.54, 1.807) is 6.08 Å². The van der Waals surface area contributed by atoms with Crippen LogP contribution in [0.15, 0.2) is 54.8 Å². The summed E-state index contributed by atoms with van der Waals surface area (Å²) in [6, 6.07) is 10.1. The van der Waals surface area contributed by atoms with E-state index in [1.165, 1.54) is 6.20 Å². The molecule has 1 heterocycles. The molecule has 0 fully saturated rings. The van der Waals surface area contributed by atoms with Gasteiger partial charge in [-0.25, -0.2) is 9.78 Å². The summed E-state index contributed by atoms with van der Waals surface area (Å²) in [6.07, 6.45) is 4.81. The molecule has 0 saturated carbocycles. The van der Waals surface area contributed by atoms with E-state index < -0.39 is 5.97 Å². The van der Waals surface area contributed by atoms with Gasteiger partial charge in [0.2, 0.25) is 0 Å². The molecular formula is C19H16N2O2S. The molecule has 2 rings (SSSR count). The van der Waals surface area contributed by atoms with Gasteiger partial charge in [-0.1, -0.05) is 42.5 Å². The molecule has 5 heteroatoms. The number of benzene rings is 1. The fourth-order valence-corrected chi connectivity index (χ4v) is 2.83. The van der Waals surface area contributed by atoms with Crippen LogP contribution in [-0.4, -0.2) is 16.1 Å². The third kappa shape index (κ3) is 3.86. The first-order valence-electron chi connectivity index (χ1n) is 7.20. The number of carbonyl (C=O) groups is 1. The third-order valence-electron chi connectivity index (χ3n) is 3.37. The molecule has 1 aromatic carbocycles. The Hall–Kier alpha value is -2.97. The first-order chi connectivity index (χ1) is 11.5. The van der Waals surface area contributed by atoms with Gasteiger partial charge < -0.3 is 5.11 Å². The maximum atomic E-state index is 10.9. The van der Waals surface area contributed by atoms with Crippen molar-refractivity contribution in [3.63, 3.8) is 0 Å². The molecule has 0 bridgehead atoms. The van der Waals surface area contributed by atoms with Gasteiger partial charge in [-0.2, -0.15) is 5.26 Å². The Morgan fingerprint density at radius 2 is 2.04 bits per heavy atom. The molecule has 24 heavy (non-hydrogen) atoms. The van der Waals surface area contributed by atoms with Crippen LogP contribution in [0.5, 0.6) is 0 Å². The predicted octanol–water partition coefficient (Wildman–Crippen LogP) is 4.72. The summed E-state index contributed by atoms with van der Waals surface area (Å²) in [5, 5.41) is 19.0. The quantitative estimate of drug-likeness (QED) is 0.633. The van der Waals surface area contributed by atoms with Crippen LogP contribution >= 0.6 is 11.3 Å². The minimum Gasteiger partial charge on any atom is -0.477 e. The molecule has 0 aliphatic rings. The van der Waals surface area contributed by atoms with Gasteiger partial charge in [0.15, 0.2) is 0 Å². The summed E-state index contributed by atoms with van der Waals surface area (Å²) in [5.41, 5.74) is 3.85. The van der Waals surface area contributed by atoms with E-state index in [4.69, 9.17) is 5.11 Å². The second kappa shape index (κ2) is 7.53. The number of aromatic nitrogens is 1. The maximum Gasteiger partial charge on any atom is 0.347 e. The van der Waals surface area contributed by atoms with Crippen molar-refractivity contribution in [3.05, 3.63) is 75.8 Å². The average Bonchev–Trinajstić information content (AvgIpc) is 3.06. The van der Waals surface area contributed by atoms with Gasteiger partial charge in [-0.05, 0) is 31.1 Å². The number of hydrogen-bond acceptors (Lipinski definition) is 4. The summed E-state index contributed by atoms with van der Waals surface area (Å²) >= 11 is 1.03. The van der Waals surface area contributed by atoms with Crippen LogP contribution in [0.25, 0.3) is 11.1 Å². The Bertz CT molecular complexity index is 881. The minimum absolute atomic E-state index is 0.142. The predicted molar refractivity (Wildman–Crippen MR) is 96.6 cm³/mol. The topological polar surface area (TPSA) is 74.0 Å². The lowest BCUT2D eigenvalue weighted by Crippen LogP contribution is -1.90. The molecule has 0 amide bonds. The molecule has 2 aromatic rings. The van der Waals surface area contributed by atoms with Crippen LogP contribution in [0.2, 0.25) is 0 Å². The highest BCUT2D eigenvalue weighted by Gasteiger charge is 2.12. The van der Waals surface area contributed by atoms with Crippen molar-refractivity contribution in [1.82, 2.24) is 4.98 Å². The standard InChI is InChI=1S/C19H16N2O2S/c1-4-16(14-7-5-12(2)6-8-14)15(10-20)9-13(3)18-21-11-17(24-18)19(22)23/h4-9,11H,3H2,1-2H3,(H,22,23)/b15-9-,16-4-. The fraction of sp³-hybridized carbons (Fsp3) is 0.105. The van der Waals surface area contributed by atoms with Crippen molar-refractivity contribution in [3.8, 4) is 6.07 Å². The van der Waals surface area contributed by atoms with Crippen molar-refractivity contribution in [2.45, 2.75) is 13.8 Å². The highest BCUT2D eigenvalue weighted by Crippen LogP contribution is 2.28. The van der Waals surface area contributed by atoms with Gasteiger partial charge in [0.25, 0.3) is 0 Å². The van der Waals surface area contributed by atoms with Crippen LogP contribution in [0.1, 0.15) is 32.7 Å². The Morgan fingerprint density at radius 3 is 2.54 bits per heavy atom. The van der Waals surface area contributed by atoms with Crippen LogP contribution in [0.4, 0.5) is 0 Å². The van der Waals surface area contributed by atoms with Crippen molar-refractivity contribution in [1.29, 1.82) is 5.26 Å². The molecule has 0 spiro atoms. The second-order valence-electron chi connectivity index (χ2n) is 5.10. The zero-order valence-corrected chi connectivity index (χ0v) is 14.2. The highest BCUT2D eigenvalue weighted by atomic mass is 32.1. The zero-order valence-electron chi connectivity index (χ0n) is 13.4. The van der Waals surface area contributed by atoms with E-state index in [0.29, 0.717) is 16.2 Å². The summed E-state index contributed by atoms with van der Waals surface area (Å²) in [5.74, 6) is -1.02. The van der Waals surface area contributed by atoms with Gasteiger partial charge >= 0.3 is 5.97 Å². The van der Waals surface area contributed by atoms with Gasteiger partial charge in [0, 0.05) is 5.57 Å². The van der Waals surface area contributed by atoms with E-state index >= 15 is 0 Å². The van der Waals surface area contributed by atoms with E-state index in [2.05, 4.69) is 17.6 Å². The molecule has 0 aliphatic carbocycles. The van der Waals surface area contributed by atoms with Crippen molar-refractivity contribution >= 4 is 28.5 Å². The first kappa shape index (κ1) is 17.4. The number of hydrogen-bond donors (Lipinski definition) is 1. The number of aryl methyl sites for hydroxylation is 1. The Kier molecular flexibility index (Phi) is 5.46. The molecule has 120 valence electrons. The van der Waals surface area contributed by atoms with Gasteiger partial charge in [-0.15, -0.1) is 11.3 Å². The largest absolute Gasteiger partial charge is 0.477 e. The highest BCUT2D eigenvalue weighted by molar-refractivity contribution is 7.14.